The van der Waals surface area contributed by atoms with Gasteiger partial charge in [0.25, 0.3) is 0 Å². The van der Waals surface area contributed by atoms with Crippen molar-refractivity contribution in [3.8, 4) is 0 Å². The van der Waals surface area contributed by atoms with E-state index in [9.17, 15) is 9.59 Å². The fourth-order valence-corrected chi connectivity index (χ4v) is 0.785. The van der Waals surface area contributed by atoms with Crippen molar-refractivity contribution in [1.29, 1.82) is 0 Å². The van der Waals surface area contributed by atoms with Crippen LogP contribution < -0.4 is 0 Å². The van der Waals surface area contributed by atoms with Gasteiger partial charge in [0.05, 0.1) is 11.1 Å². The molecule has 5 heteroatoms. The zero-order chi connectivity index (χ0) is 9.14. The van der Waals surface area contributed by atoms with E-state index in [0.29, 0.717) is 0 Å². The molecule has 0 saturated carbocycles. The molecule has 0 aromatic heterocycles. The van der Waals surface area contributed by atoms with Crippen LogP contribution in [0.15, 0.2) is 24.3 Å². The average molecular weight is 300 g/mol. The van der Waals surface area contributed by atoms with Crippen molar-refractivity contribution in [2.45, 2.75) is 0 Å². The summed E-state index contributed by atoms with van der Waals surface area (Å²) in [7, 11) is 0. The third-order valence-corrected chi connectivity index (χ3v) is 1.36. The summed E-state index contributed by atoms with van der Waals surface area (Å²) in [4.78, 5) is 20.8. The van der Waals surface area contributed by atoms with Gasteiger partial charge in [-0.1, -0.05) is 6.07 Å². The molecule has 0 aliphatic heterocycles. The summed E-state index contributed by atoms with van der Waals surface area (Å²) in [5, 5.41) is 17.0. The molecule has 4 nitrogen and oxygen atoms in total. The number of rotatable bonds is 2. The molecule has 1 aromatic rings. The second-order valence-electron chi connectivity index (χ2n) is 2.19. The van der Waals surface area contributed by atoms with E-state index in [0.717, 1.165) is 6.07 Å². The molecule has 1 aromatic carbocycles. The van der Waals surface area contributed by atoms with Crippen molar-refractivity contribution in [3.05, 3.63) is 35.4 Å². The van der Waals surface area contributed by atoms with Crippen LogP contribution in [0.25, 0.3) is 0 Å². The van der Waals surface area contributed by atoms with E-state index in [-0.39, 0.29) is 80.0 Å². The Hall–Kier alpha value is 0.212. The number of hydrogen-bond donors (Lipinski definition) is 2. The van der Waals surface area contributed by atoms with Gasteiger partial charge in [0, 0.05) is 0 Å². The second kappa shape index (κ2) is 5.84. The fraction of sp³-hybridized carbons (Fsp3) is 0. The summed E-state index contributed by atoms with van der Waals surface area (Å²) >= 11 is 0. The SMILES string of the molecule is O=C(O)c1cccc(C(=O)O)c1.[CsH]. The number of hydrogen-bond acceptors (Lipinski definition) is 2. The summed E-state index contributed by atoms with van der Waals surface area (Å²) in [5.41, 5.74) is -0.0372. The molecule has 0 radical (unpaired) electrons. The van der Waals surface area contributed by atoms with Gasteiger partial charge in [-0.3, -0.25) is 0 Å². The molecular weight excluding hydrogens is 293 g/mol. The molecule has 0 aliphatic rings. The van der Waals surface area contributed by atoms with Crippen LogP contribution >= 0.6 is 0 Å². The molecule has 0 saturated heterocycles. The Morgan fingerprint density at radius 2 is 1.38 bits per heavy atom. The van der Waals surface area contributed by atoms with Gasteiger partial charge in [0.15, 0.2) is 0 Å². The Kier molecular flexibility index (Phi) is 5.94. The monoisotopic (exact) mass is 300 g/mol. The van der Waals surface area contributed by atoms with E-state index < -0.39 is 11.9 Å². The number of carboxylic acids is 2. The normalized spacial score (nSPS) is 8.62. The van der Waals surface area contributed by atoms with Gasteiger partial charge >= 0.3 is 80.8 Å². The molecule has 0 unspecified atom stereocenters. The van der Waals surface area contributed by atoms with Gasteiger partial charge in [-0.15, -0.1) is 0 Å². The molecule has 0 bridgehead atoms. The molecule has 0 heterocycles. The number of carbonyl (C=O) groups is 2. The van der Waals surface area contributed by atoms with Crippen LogP contribution in [0, 0.1) is 0 Å². The summed E-state index contributed by atoms with van der Waals surface area (Å²) < 4.78 is 0. The standard InChI is InChI=1S/C8H6O4.Cs.H/c9-7(10)5-2-1-3-6(4-5)8(11)12;;/h1-4H,(H,9,10)(H,11,12);;. The van der Waals surface area contributed by atoms with Gasteiger partial charge in [0.1, 0.15) is 0 Å². The maximum atomic E-state index is 10.4. The van der Waals surface area contributed by atoms with E-state index in [1.54, 1.807) is 0 Å². The van der Waals surface area contributed by atoms with E-state index in [4.69, 9.17) is 10.2 Å². The Morgan fingerprint density at radius 3 is 1.69 bits per heavy atom. The molecule has 13 heavy (non-hydrogen) atoms. The first kappa shape index (κ1) is 13.2. The van der Waals surface area contributed by atoms with Gasteiger partial charge in [0.2, 0.25) is 0 Å². The van der Waals surface area contributed by atoms with E-state index >= 15 is 0 Å². The predicted molar refractivity (Wildman–Crippen MR) is 47.5 cm³/mol. The summed E-state index contributed by atoms with van der Waals surface area (Å²) in [5.74, 6) is -2.25. The Labute approximate surface area is 133 Å². The van der Waals surface area contributed by atoms with Crippen LogP contribution in [-0.2, 0) is 0 Å². The number of carboxylic acid groups (broad SMARTS) is 2. The minimum absolute atomic E-state index is 0. The molecule has 0 amide bonds. The second-order valence-corrected chi connectivity index (χ2v) is 2.19. The van der Waals surface area contributed by atoms with Crippen molar-refractivity contribution in [1.82, 2.24) is 0 Å². The van der Waals surface area contributed by atoms with Gasteiger partial charge in [-0.25, -0.2) is 9.59 Å². The van der Waals surface area contributed by atoms with Crippen LogP contribution in [0.5, 0.6) is 0 Å². The summed E-state index contributed by atoms with van der Waals surface area (Å²) in [6.45, 7) is 0. The Bertz CT molecular complexity index is 305. The molecule has 0 spiro atoms. The van der Waals surface area contributed by atoms with Crippen LogP contribution in [0.1, 0.15) is 20.7 Å². The van der Waals surface area contributed by atoms with E-state index in [2.05, 4.69) is 0 Å². The molecule has 1 rings (SSSR count). The maximum absolute atomic E-state index is 10.4. The first-order valence-electron chi connectivity index (χ1n) is 3.18. The van der Waals surface area contributed by atoms with Crippen LogP contribution in [-0.4, -0.2) is 91.0 Å². The average Bonchev–Trinajstić information content (AvgIpc) is 2.04. The van der Waals surface area contributed by atoms with Gasteiger partial charge < -0.3 is 10.2 Å². The van der Waals surface area contributed by atoms with Crippen LogP contribution in [0.4, 0.5) is 0 Å². The third-order valence-electron chi connectivity index (χ3n) is 1.36. The zero-order valence-corrected chi connectivity index (χ0v) is 6.02. The predicted octanol–water partition coefficient (Wildman–Crippen LogP) is 0.434. The molecule has 64 valence electrons. The topological polar surface area (TPSA) is 74.6 Å². The van der Waals surface area contributed by atoms with Crippen molar-refractivity contribution < 1.29 is 19.8 Å². The van der Waals surface area contributed by atoms with Gasteiger partial charge in [-0.2, -0.15) is 0 Å². The van der Waals surface area contributed by atoms with E-state index in [1.807, 2.05) is 0 Å². The quantitative estimate of drug-likeness (QED) is 0.831. The first-order chi connectivity index (χ1) is 5.61. The zero-order valence-electron chi connectivity index (χ0n) is 6.02. The van der Waals surface area contributed by atoms with E-state index in [1.165, 1.54) is 18.2 Å². The summed E-state index contributed by atoms with van der Waals surface area (Å²) in [6.07, 6.45) is 0. The minimum atomic E-state index is -1.13. The molecule has 0 atom stereocenters. The first-order valence-corrected chi connectivity index (χ1v) is 3.18. The Morgan fingerprint density at radius 1 is 1.00 bits per heavy atom. The Balaban J connectivity index is 0.00000144. The van der Waals surface area contributed by atoms with Crippen molar-refractivity contribution in [3.63, 3.8) is 0 Å². The van der Waals surface area contributed by atoms with Crippen LogP contribution in [0.3, 0.4) is 0 Å². The molecule has 0 fully saturated rings. The molecule has 0 aliphatic carbocycles. The van der Waals surface area contributed by atoms with Crippen LogP contribution in [0.2, 0.25) is 0 Å². The number of aromatic carboxylic acids is 2. The molecule has 2 N–H and O–H groups in total. The third kappa shape index (κ3) is 3.84. The molecular formula is C8H7CsO4. The van der Waals surface area contributed by atoms with Crippen molar-refractivity contribution >= 4 is 80.8 Å². The fourth-order valence-electron chi connectivity index (χ4n) is 0.785. The van der Waals surface area contributed by atoms with Gasteiger partial charge in [-0.05, 0) is 18.2 Å². The van der Waals surface area contributed by atoms with Crippen molar-refractivity contribution in [2.75, 3.05) is 0 Å². The number of benzene rings is 1. The summed E-state index contributed by atoms with van der Waals surface area (Å²) in [6, 6.07) is 5.20. The van der Waals surface area contributed by atoms with Crippen molar-refractivity contribution in [2.24, 2.45) is 0 Å².